The number of para-hydroxylation sites is 1. The number of hydrogen-bond acceptors (Lipinski definition) is 5. The fourth-order valence-corrected chi connectivity index (χ4v) is 6.32. The molecule has 4 nitrogen and oxygen atoms in total. The predicted octanol–water partition coefficient (Wildman–Crippen LogP) is 7.57. The first-order valence-electron chi connectivity index (χ1n) is 12.1. The first kappa shape index (κ1) is 21.7. The van der Waals surface area contributed by atoms with Gasteiger partial charge in [-0.3, -0.25) is 14.5 Å². The van der Waals surface area contributed by atoms with Crippen LogP contribution in [-0.4, -0.2) is 16.6 Å². The van der Waals surface area contributed by atoms with Crippen LogP contribution in [0.3, 0.4) is 0 Å². The van der Waals surface area contributed by atoms with Crippen molar-refractivity contribution < 1.29 is 9.59 Å². The van der Waals surface area contributed by atoms with E-state index in [1.54, 1.807) is 30.3 Å². The molecule has 0 saturated carbocycles. The van der Waals surface area contributed by atoms with Crippen molar-refractivity contribution in [2.75, 3.05) is 4.90 Å². The highest BCUT2D eigenvalue weighted by Gasteiger charge is 2.35. The van der Waals surface area contributed by atoms with E-state index in [2.05, 4.69) is 53.4 Å². The molecule has 0 saturated heterocycles. The molecule has 5 heteroatoms. The van der Waals surface area contributed by atoms with Gasteiger partial charge in [0, 0.05) is 33.7 Å². The van der Waals surface area contributed by atoms with Gasteiger partial charge in [-0.15, -0.1) is 11.3 Å². The molecule has 0 N–H and O–H groups in total. The molecule has 0 spiro atoms. The van der Waals surface area contributed by atoms with Crippen LogP contribution in [0.2, 0.25) is 0 Å². The first-order valence-corrected chi connectivity index (χ1v) is 12.9. The maximum Gasteiger partial charge on any atom is 0.197 e. The lowest BCUT2D eigenvalue weighted by molar-refractivity contribution is 0.0990. The molecule has 0 amide bonds. The van der Waals surface area contributed by atoms with E-state index in [1.807, 2.05) is 36.5 Å². The summed E-state index contributed by atoms with van der Waals surface area (Å²) in [6.45, 7) is 0. The smallest absolute Gasteiger partial charge is 0.197 e. The van der Waals surface area contributed by atoms with Crippen molar-refractivity contribution in [3.63, 3.8) is 0 Å². The summed E-state index contributed by atoms with van der Waals surface area (Å²) in [6, 6.07) is 34.1. The van der Waals surface area contributed by atoms with Gasteiger partial charge >= 0.3 is 0 Å². The molecule has 7 rings (SSSR count). The highest BCUT2D eigenvalue weighted by atomic mass is 32.1. The lowest BCUT2D eigenvalue weighted by atomic mass is 9.81. The molecule has 1 unspecified atom stereocenters. The summed E-state index contributed by atoms with van der Waals surface area (Å²) >= 11 is 1.54. The van der Waals surface area contributed by atoms with Gasteiger partial charge in [0.25, 0.3) is 0 Å². The summed E-state index contributed by atoms with van der Waals surface area (Å²) in [5.74, 6) is 0.538. The van der Waals surface area contributed by atoms with Gasteiger partial charge in [0.2, 0.25) is 0 Å². The zero-order chi connectivity index (χ0) is 24.9. The van der Waals surface area contributed by atoms with Crippen LogP contribution >= 0.6 is 11.3 Å². The standard InChI is InChI=1S/C32H20N2O2S/c35-30-22-11-4-5-12-23(22)31(36)26(30)19-21-16-17-28(37-21)34-27-15-7-6-13-24(27)29(20-9-2-1-3-10-20)25-14-8-18-33-32(25)34/h1-19,29H. The fourth-order valence-electron chi connectivity index (χ4n) is 5.35. The van der Waals surface area contributed by atoms with Crippen molar-refractivity contribution in [1.29, 1.82) is 0 Å². The van der Waals surface area contributed by atoms with E-state index in [9.17, 15) is 9.59 Å². The summed E-state index contributed by atoms with van der Waals surface area (Å²) in [6.07, 6.45) is 3.55. The normalized spacial score (nSPS) is 15.8. The summed E-state index contributed by atoms with van der Waals surface area (Å²) in [5, 5.41) is 0.973. The SMILES string of the molecule is O=C1C(=Cc2ccc(N3c4ccccc4C(c4ccccc4)c4cccnc43)s2)C(=O)c2ccccc21. The minimum atomic E-state index is -0.211. The van der Waals surface area contributed by atoms with E-state index in [4.69, 9.17) is 4.98 Å². The second-order valence-electron chi connectivity index (χ2n) is 9.09. The molecule has 0 fully saturated rings. The predicted molar refractivity (Wildman–Crippen MR) is 147 cm³/mol. The van der Waals surface area contributed by atoms with Crippen molar-refractivity contribution in [3.05, 3.63) is 148 Å². The summed E-state index contributed by atoms with van der Waals surface area (Å²) < 4.78 is 0. The number of aromatic nitrogens is 1. The Morgan fingerprint density at radius 2 is 1.38 bits per heavy atom. The monoisotopic (exact) mass is 496 g/mol. The van der Waals surface area contributed by atoms with Gasteiger partial charge in [0.1, 0.15) is 10.8 Å². The van der Waals surface area contributed by atoms with E-state index in [0.717, 1.165) is 26.9 Å². The van der Waals surface area contributed by atoms with Crippen LogP contribution in [0.15, 0.2) is 115 Å². The van der Waals surface area contributed by atoms with Crippen LogP contribution in [0.25, 0.3) is 6.08 Å². The van der Waals surface area contributed by atoms with Crippen molar-refractivity contribution in [1.82, 2.24) is 4.98 Å². The zero-order valence-electron chi connectivity index (χ0n) is 19.7. The zero-order valence-corrected chi connectivity index (χ0v) is 20.5. The van der Waals surface area contributed by atoms with Gasteiger partial charge in [-0.25, -0.2) is 4.98 Å². The molecule has 0 bridgehead atoms. The molecule has 1 aliphatic heterocycles. The minimum Gasteiger partial charge on any atom is -0.288 e. The maximum atomic E-state index is 12.9. The van der Waals surface area contributed by atoms with Crippen LogP contribution in [0, 0.1) is 0 Å². The van der Waals surface area contributed by atoms with Crippen molar-refractivity contribution in [2.45, 2.75) is 5.92 Å². The molecule has 3 heterocycles. The van der Waals surface area contributed by atoms with Crippen LogP contribution in [-0.2, 0) is 0 Å². The molecule has 2 aromatic heterocycles. The van der Waals surface area contributed by atoms with Gasteiger partial charge in [-0.05, 0) is 41.5 Å². The van der Waals surface area contributed by atoms with Crippen molar-refractivity contribution in [3.8, 4) is 0 Å². The number of allylic oxidation sites excluding steroid dienone is 1. The highest BCUT2D eigenvalue weighted by molar-refractivity contribution is 7.17. The Morgan fingerprint density at radius 1 is 0.703 bits per heavy atom. The molecular weight excluding hydrogens is 476 g/mol. The second kappa shape index (κ2) is 8.50. The molecule has 37 heavy (non-hydrogen) atoms. The molecule has 5 aromatic rings. The average molecular weight is 497 g/mol. The highest BCUT2D eigenvalue weighted by Crippen LogP contribution is 2.51. The van der Waals surface area contributed by atoms with Crippen LogP contribution in [0.4, 0.5) is 16.5 Å². The quantitative estimate of drug-likeness (QED) is 0.187. The molecule has 1 aliphatic carbocycles. The fraction of sp³-hybridized carbons (Fsp3) is 0.0312. The summed E-state index contributed by atoms with van der Waals surface area (Å²) in [7, 11) is 0. The number of carbonyl (C=O) groups excluding carboxylic acids is 2. The summed E-state index contributed by atoms with van der Waals surface area (Å²) in [5.41, 5.74) is 5.81. The largest absolute Gasteiger partial charge is 0.288 e. The number of thiophene rings is 1. The molecule has 176 valence electrons. The average Bonchev–Trinajstić information content (AvgIpc) is 3.51. The van der Waals surface area contributed by atoms with Crippen molar-refractivity contribution >= 4 is 45.5 Å². The van der Waals surface area contributed by atoms with Gasteiger partial charge < -0.3 is 0 Å². The van der Waals surface area contributed by atoms with E-state index < -0.39 is 0 Å². The molecular formula is C32H20N2O2S. The van der Waals surface area contributed by atoms with E-state index >= 15 is 0 Å². The maximum absolute atomic E-state index is 12.9. The Bertz CT molecular complexity index is 1650. The number of fused-ring (bicyclic) bond motifs is 3. The van der Waals surface area contributed by atoms with Gasteiger partial charge in [-0.1, -0.05) is 78.9 Å². The van der Waals surface area contributed by atoms with Crippen LogP contribution < -0.4 is 4.90 Å². The Balaban J connectivity index is 1.33. The lowest BCUT2D eigenvalue weighted by Crippen LogP contribution is -2.22. The van der Waals surface area contributed by atoms with E-state index in [0.29, 0.717) is 11.1 Å². The number of hydrogen-bond donors (Lipinski definition) is 0. The Labute approximate surface area is 218 Å². The van der Waals surface area contributed by atoms with Crippen LogP contribution in [0.5, 0.6) is 0 Å². The minimum absolute atomic E-state index is 0.0751. The Morgan fingerprint density at radius 3 is 2.16 bits per heavy atom. The number of nitrogens with zero attached hydrogens (tertiary/aromatic N) is 2. The topological polar surface area (TPSA) is 50.3 Å². The number of benzene rings is 3. The Kier molecular flexibility index (Phi) is 4.98. The third-order valence-corrected chi connectivity index (χ3v) is 8.00. The van der Waals surface area contributed by atoms with Crippen molar-refractivity contribution in [2.24, 2.45) is 0 Å². The molecule has 2 aliphatic rings. The number of ketones is 2. The Hall–Kier alpha value is -4.61. The summed E-state index contributed by atoms with van der Waals surface area (Å²) in [4.78, 5) is 33.7. The first-order chi connectivity index (χ1) is 18.2. The third-order valence-electron chi connectivity index (χ3n) is 6.99. The molecule has 0 radical (unpaired) electrons. The number of rotatable bonds is 3. The van der Waals surface area contributed by atoms with E-state index in [1.165, 1.54) is 22.5 Å². The lowest BCUT2D eigenvalue weighted by Gasteiger charge is -2.36. The van der Waals surface area contributed by atoms with Gasteiger partial charge in [0.15, 0.2) is 11.6 Å². The van der Waals surface area contributed by atoms with Gasteiger partial charge in [0.05, 0.1) is 11.3 Å². The van der Waals surface area contributed by atoms with Crippen LogP contribution in [0.1, 0.15) is 48.2 Å². The number of pyridine rings is 1. The third kappa shape index (κ3) is 3.39. The van der Waals surface area contributed by atoms with E-state index in [-0.39, 0.29) is 23.1 Å². The second-order valence-corrected chi connectivity index (χ2v) is 10.2. The number of anilines is 3. The number of carbonyl (C=O) groups is 2. The van der Waals surface area contributed by atoms with Gasteiger partial charge in [-0.2, -0.15) is 0 Å². The molecule has 3 aromatic carbocycles. The number of Topliss-reactive ketones (excluding diaryl/α,β-unsaturated/α-hetero) is 2. The molecule has 1 atom stereocenters.